The van der Waals surface area contributed by atoms with E-state index in [1.807, 2.05) is 24.3 Å². The second-order valence-corrected chi connectivity index (χ2v) is 10.9. The number of nitrogens with zero attached hydrogens (tertiary/aromatic N) is 4. The van der Waals surface area contributed by atoms with Gasteiger partial charge in [0.25, 0.3) is 5.91 Å². The Kier molecular flexibility index (Phi) is 8.55. The van der Waals surface area contributed by atoms with Crippen LogP contribution in [0.3, 0.4) is 0 Å². The van der Waals surface area contributed by atoms with Crippen LogP contribution >= 0.6 is 11.6 Å². The van der Waals surface area contributed by atoms with Crippen molar-refractivity contribution in [2.75, 3.05) is 6.61 Å². The molecule has 0 spiro atoms. The molecule has 1 aliphatic rings. The number of halogens is 4. The largest absolute Gasteiger partial charge is 0.475 e. The Morgan fingerprint density at radius 2 is 1.83 bits per heavy atom. The quantitative estimate of drug-likeness (QED) is 0.293. The Morgan fingerprint density at radius 3 is 2.48 bits per heavy atom. The molecule has 4 aromatic rings. The minimum absolute atomic E-state index is 0.0575. The van der Waals surface area contributed by atoms with Gasteiger partial charge in [0.2, 0.25) is 5.88 Å². The number of imidazole rings is 1. The van der Waals surface area contributed by atoms with Crippen LogP contribution in [0.2, 0.25) is 5.02 Å². The highest BCUT2D eigenvalue weighted by molar-refractivity contribution is 6.30. The average Bonchev–Trinajstić information content (AvgIpc) is 3.23. The number of alkyl halides is 3. The zero-order valence-electron chi connectivity index (χ0n) is 22.6. The fourth-order valence-corrected chi connectivity index (χ4v) is 5.44. The van der Waals surface area contributed by atoms with Gasteiger partial charge in [0.1, 0.15) is 6.61 Å². The van der Waals surface area contributed by atoms with Crippen molar-refractivity contribution in [3.8, 4) is 11.6 Å². The molecule has 222 valence electrons. The predicted octanol–water partition coefficient (Wildman–Crippen LogP) is 5.00. The van der Waals surface area contributed by atoms with Crippen molar-refractivity contribution in [1.29, 1.82) is 0 Å². The van der Waals surface area contributed by atoms with E-state index in [9.17, 15) is 27.9 Å². The molecule has 1 saturated carbocycles. The maximum absolute atomic E-state index is 13.6. The molecule has 1 fully saturated rings. The first-order valence-corrected chi connectivity index (χ1v) is 13.9. The molecule has 1 amide bonds. The lowest BCUT2D eigenvalue weighted by Gasteiger charge is -2.29. The van der Waals surface area contributed by atoms with E-state index < -0.39 is 29.4 Å². The second-order valence-electron chi connectivity index (χ2n) is 10.5. The third-order valence-electron chi connectivity index (χ3n) is 7.28. The third kappa shape index (κ3) is 6.44. The maximum atomic E-state index is 13.6. The first-order chi connectivity index (χ1) is 20.0. The fraction of sp³-hybridized carbons (Fsp3) is 0.379. The molecule has 42 heavy (non-hydrogen) atoms. The highest BCUT2D eigenvalue weighted by atomic mass is 35.5. The van der Waals surface area contributed by atoms with Gasteiger partial charge in [-0.05, 0) is 62.8 Å². The lowest BCUT2D eigenvalue weighted by atomic mass is 9.85. The van der Waals surface area contributed by atoms with Crippen LogP contribution in [-0.2, 0) is 12.7 Å². The number of pyridine rings is 2. The molecular formula is C29H29ClF3N5O4. The summed E-state index contributed by atoms with van der Waals surface area (Å²) in [7, 11) is 0. The molecule has 2 N–H and O–H groups in total. The van der Waals surface area contributed by atoms with Crippen LogP contribution < -0.4 is 15.7 Å². The van der Waals surface area contributed by atoms with Crippen molar-refractivity contribution in [3.05, 3.63) is 81.6 Å². The van der Waals surface area contributed by atoms with Gasteiger partial charge >= 0.3 is 11.9 Å². The van der Waals surface area contributed by atoms with Crippen LogP contribution in [0.4, 0.5) is 13.2 Å². The predicted molar refractivity (Wildman–Crippen MR) is 150 cm³/mol. The van der Waals surface area contributed by atoms with Crippen molar-refractivity contribution in [2.45, 2.75) is 57.5 Å². The molecule has 5 rings (SSSR count). The number of ether oxygens (including phenoxy) is 1. The number of fused-ring (bicyclic) bond motifs is 1. The fourth-order valence-electron chi connectivity index (χ4n) is 5.28. The Bertz CT molecular complexity index is 1630. The number of rotatable bonds is 8. The lowest BCUT2D eigenvalue weighted by molar-refractivity contribution is -0.141. The average molecular weight is 604 g/mol. The highest BCUT2D eigenvalue weighted by Crippen LogP contribution is 2.32. The maximum Gasteiger partial charge on any atom is 0.434 e. The zero-order chi connectivity index (χ0) is 30.0. The summed E-state index contributed by atoms with van der Waals surface area (Å²) in [6, 6.07) is 11.5. The molecule has 9 nitrogen and oxygen atoms in total. The number of carbonyl (C=O) groups is 1. The molecule has 1 aromatic carbocycles. The zero-order valence-corrected chi connectivity index (χ0v) is 23.4. The minimum Gasteiger partial charge on any atom is -0.475 e. The standard InChI is InChI=1S/C29H29ClF3N5O4/c1-17(39)16-42-25-11-10-21(14-34-25)38-24-5-3-2-4-23(24)37(28(38)41)15-18-6-8-20(9-7-18)36-27(40)22-12-19(30)13-35-26(22)29(31,32)33/h2-5,10-14,17-18,20,39H,6-9,15-16H2,1H3,(H,36,40)/t17-,18-,20-/m1/s1. The van der Waals surface area contributed by atoms with E-state index in [0.29, 0.717) is 43.8 Å². The summed E-state index contributed by atoms with van der Waals surface area (Å²) in [5, 5.41) is 12.1. The van der Waals surface area contributed by atoms with Gasteiger partial charge in [-0.2, -0.15) is 13.2 Å². The number of aromatic nitrogens is 4. The monoisotopic (exact) mass is 603 g/mol. The summed E-state index contributed by atoms with van der Waals surface area (Å²) in [6.45, 7) is 2.16. The smallest absolute Gasteiger partial charge is 0.434 e. The second kappa shape index (κ2) is 12.1. The van der Waals surface area contributed by atoms with Gasteiger partial charge in [-0.25, -0.2) is 14.8 Å². The van der Waals surface area contributed by atoms with Crippen LogP contribution in [0.5, 0.6) is 5.88 Å². The number of amides is 1. The van der Waals surface area contributed by atoms with Crippen LogP contribution in [0.1, 0.15) is 48.7 Å². The van der Waals surface area contributed by atoms with E-state index in [-0.39, 0.29) is 29.3 Å². The Labute approximate surface area is 243 Å². The number of hydrogen-bond acceptors (Lipinski definition) is 6. The molecule has 3 aromatic heterocycles. The van der Waals surface area contributed by atoms with Crippen LogP contribution in [0.15, 0.2) is 59.7 Å². The number of aliphatic hydroxyl groups is 1. The van der Waals surface area contributed by atoms with Crippen LogP contribution in [0, 0.1) is 5.92 Å². The van der Waals surface area contributed by atoms with Crippen LogP contribution in [0.25, 0.3) is 16.7 Å². The van der Waals surface area contributed by atoms with Crippen LogP contribution in [-0.4, -0.2) is 48.9 Å². The number of aliphatic hydroxyl groups excluding tert-OH is 1. The molecule has 0 bridgehead atoms. The van der Waals surface area contributed by atoms with Crippen molar-refractivity contribution < 1.29 is 27.8 Å². The Hall–Kier alpha value is -3.90. The molecule has 1 atom stereocenters. The van der Waals surface area contributed by atoms with Crippen molar-refractivity contribution >= 4 is 28.5 Å². The van der Waals surface area contributed by atoms with Gasteiger partial charge in [-0.1, -0.05) is 23.7 Å². The molecule has 13 heteroatoms. The first-order valence-electron chi connectivity index (χ1n) is 13.5. The highest BCUT2D eigenvalue weighted by Gasteiger charge is 2.38. The summed E-state index contributed by atoms with van der Waals surface area (Å²) in [5.74, 6) is -0.402. The van der Waals surface area contributed by atoms with Gasteiger partial charge in [-0.15, -0.1) is 0 Å². The number of carbonyl (C=O) groups excluding carboxylic acids is 1. The SMILES string of the molecule is C[C@@H](O)COc1ccc(-n2c(=O)n(C[C@H]3CC[C@H](NC(=O)c4cc(Cl)cnc4C(F)(F)F)CC3)c3ccccc32)cn1. The molecule has 0 unspecified atom stereocenters. The van der Waals surface area contributed by atoms with E-state index in [0.717, 1.165) is 23.3 Å². The van der Waals surface area contributed by atoms with E-state index >= 15 is 0 Å². The van der Waals surface area contributed by atoms with E-state index in [2.05, 4.69) is 15.3 Å². The van der Waals surface area contributed by atoms with Gasteiger partial charge in [0.15, 0.2) is 5.69 Å². The minimum atomic E-state index is -4.79. The van der Waals surface area contributed by atoms with Gasteiger partial charge in [0.05, 0.1) is 39.6 Å². The van der Waals surface area contributed by atoms with Gasteiger partial charge in [0, 0.05) is 24.8 Å². The number of para-hydroxylation sites is 2. The molecule has 3 heterocycles. The number of hydrogen-bond donors (Lipinski definition) is 2. The van der Waals surface area contributed by atoms with E-state index in [1.165, 1.54) is 0 Å². The van der Waals surface area contributed by atoms with Crippen molar-refractivity contribution in [3.63, 3.8) is 0 Å². The summed E-state index contributed by atoms with van der Waals surface area (Å²) >= 11 is 5.82. The summed E-state index contributed by atoms with van der Waals surface area (Å²) in [4.78, 5) is 34.0. The molecule has 0 saturated heterocycles. The number of nitrogens with one attached hydrogen (secondary N) is 1. The summed E-state index contributed by atoms with van der Waals surface area (Å²) in [6.07, 6.45) is -0.560. The summed E-state index contributed by atoms with van der Waals surface area (Å²) in [5.41, 5.74) is -0.0443. The normalized spacial score (nSPS) is 18.1. The number of benzene rings is 1. The van der Waals surface area contributed by atoms with E-state index in [1.54, 1.807) is 34.4 Å². The topological polar surface area (TPSA) is 111 Å². The van der Waals surface area contributed by atoms with Crippen molar-refractivity contribution in [2.24, 2.45) is 5.92 Å². The van der Waals surface area contributed by atoms with Gasteiger partial charge in [-0.3, -0.25) is 13.9 Å². The summed E-state index contributed by atoms with van der Waals surface area (Å²) < 4.78 is 48.9. The lowest BCUT2D eigenvalue weighted by Crippen LogP contribution is -2.39. The first kappa shape index (κ1) is 29.6. The molecule has 1 aliphatic carbocycles. The Morgan fingerprint density at radius 1 is 1.12 bits per heavy atom. The van der Waals surface area contributed by atoms with Gasteiger partial charge < -0.3 is 15.2 Å². The Balaban J connectivity index is 1.28. The molecular weight excluding hydrogens is 575 g/mol. The molecule has 0 aliphatic heterocycles. The van der Waals surface area contributed by atoms with Crippen molar-refractivity contribution in [1.82, 2.24) is 24.4 Å². The van der Waals surface area contributed by atoms with E-state index in [4.69, 9.17) is 16.3 Å². The third-order valence-corrected chi connectivity index (χ3v) is 7.48. The molecule has 0 radical (unpaired) electrons.